The molecular weight excluding hydrogens is 244 g/mol. The molecule has 0 bridgehead atoms. The van der Waals surface area contributed by atoms with Gasteiger partial charge in [-0.3, -0.25) is 0 Å². The van der Waals surface area contributed by atoms with Crippen LogP contribution in [0.15, 0.2) is 60.7 Å². The van der Waals surface area contributed by atoms with Gasteiger partial charge >= 0.3 is 0 Å². The van der Waals surface area contributed by atoms with Crippen LogP contribution in [0.4, 0.5) is 0 Å². The summed E-state index contributed by atoms with van der Waals surface area (Å²) >= 11 is 0. The largest absolute Gasteiger partial charge is 0.375 e. The van der Waals surface area contributed by atoms with Gasteiger partial charge in [0, 0.05) is 0 Å². The van der Waals surface area contributed by atoms with Gasteiger partial charge in [-0.1, -0.05) is 60.7 Å². The molecule has 0 atom stereocenters. The lowest BCUT2D eigenvalue weighted by molar-refractivity contribution is -0.0215. The van der Waals surface area contributed by atoms with Gasteiger partial charge in [0.05, 0.1) is 12.2 Å². The van der Waals surface area contributed by atoms with E-state index in [1.807, 2.05) is 6.07 Å². The van der Waals surface area contributed by atoms with E-state index >= 15 is 0 Å². The molecule has 20 heavy (non-hydrogen) atoms. The van der Waals surface area contributed by atoms with E-state index in [0.717, 1.165) is 25.9 Å². The Kier molecular flexibility index (Phi) is 5.37. The highest BCUT2D eigenvalue weighted by atomic mass is 16.5. The van der Waals surface area contributed by atoms with Gasteiger partial charge in [-0.25, -0.2) is 0 Å². The third-order valence-electron chi connectivity index (χ3n) is 3.58. The lowest BCUT2D eigenvalue weighted by atomic mass is 9.98. The second kappa shape index (κ2) is 7.25. The number of hydrogen-bond acceptors (Lipinski definition) is 1. The molecule has 1 nitrogen and oxygen atoms in total. The molecular formula is C19H24O. The summed E-state index contributed by atoms with van der Waals surface area (Å²) in [5, 5.41) is 0. The van der Waals surface area contributed by atoms with Crippen LogP contribution in [-0.2, 0) is 17.6 Å². The normalized spacial score (nSPS) is 11.5. The molecule has 0 amide bonds. The molecule has 0 saturated carbocycles. The van der Waals surface area contributed by atoms with Gasteiger partial charge in [0.15, 0.2) is 0 Å². The van der Waals surface area contributed by atoms with E-state index in [4.69, 9.17) is 4.74 Å². The third kappa shape index (κ3) is 5.18. The molecule has 0 spiro atoms. The smallest absolute Gasteiger partial charge is 0.0629 e. The van der Waals surface area contributed by atoms with Crippen LogP contribution in [-0.4, -0.2) is 12.2 Å². The van der Waals surface area contributed by atoms with E-state index in [1.165, 1.54) is 11.1 Å². The summed E-state index contributed by atoms with van der Waals surface area (Å²) in [5.74, 6) is 0. The molecule has 0 aliphatic rings. The number of ether oxygens (including phenoxy) is 1. The van der Waals surface area contributed by atoms with E-state index in [0.29, 0.717) is 0 Å². The Hall–Kier alpha value is -1.60. The Morgan fingerprint density at radius 1 is 0.750 bits per heavy atom. The summed E-state index contributed by atoms with van der Waals surface area (Å²) < 4.78 is 6.06. The molecule has 0 saturated heterocycles. The first kappa shape index (κ1) is 14.8. The van der Waals surface area contributed by atoms with Gasteiger partial charge in [0.1, 0.15) is 0 Å². The molecule has 106 valence electrons. The topological polar surface area (TPSA) is 9.23 Å². The summed E-state index contributed by atoms with van der Waals surface area (Å²) in [6, 6.07) is 21.1. The van der Waals surface area contributed by atoms with Crippen molar-refractivity contribution in [1.29, 1.82) is 0 Å². The predicted molar refractivity (Wildman–Crippen MR) is 84.9 cm³/mol. The van der Waals surface area contributed by atoms with Crippen molar-refractivity contribution in [2.24, 2.45) is 0 Å². The van der Waals surface area contributed by atoms with Crippen molar-refractivity contribution in [3.63, 3.8) is 0 Å². The first-order valence-corrected chi connectivity index (χ1v) is 7.37. The minimum atomic E-state index is -0.0649. The van der Waals surface area contributed by atoms with Crippen LogP contribution in [0.1, 0.15) is 31.4 Å². The standard InChI is InChI=1S/C19H24O/c1-19(2,15-13-17-9-5-3-6-10-17)20-16-14-18-11-7-4-8-12-18/h3-12H,13-16H2,1-2H3. The van der Waals surface area contributed by atoms with Gasteiger partial charge < -0.3 is 4.74 Å². The summed E-state index contributed by atoms with van der Waals surface area (Å²) in [4.78, 5) is 0. The van der Waals surface area contributed by atoms with Gasteiger partial charge in [0.2, 0.25) is 0 Å². The fourth-order valence-electron chi connectivity index (χ4n) is 2.25. The molecule has 0 N–H and O–H groups in total. The van der Waals surface area contributed by atoms with Gasteiger partial charge in [-0.2, -0.15) is 0 Å². The van der Waals surface area contributed by atoms with E-state index < -0.39 is 0 Å². The molecule has 1 heteroatoms. The lowest BCUT2D eigenvalue weighted by Crippen LogP contribution is -2.26. The number of hydrogen-bond donors (Lipinski definition) is 0. The van der Waals surface area contributed by atoms with Gasteiger partial charge in [-0.05, 0) is 44.2 Å². The number of benzene rings is 2. The van der Waals surface area contributed by atoms with Crippen LogP contribution in [0.3, 0.4) is 0 Å². The minimum Gasteiger partial charge on any atom is -0.375 e. The SMILES string of the molecule is CC(C)(CCc1ccccc1)OCCc1ccccc1. The van der Waals surface area contributed by atoms with Crippen LogP contribution < -0.4 is 0 Å². The Morgan fingerprint density at radius 3 is 1.80 bits per heavy atom. The second-order valence-electron chi connectivity index (χ2n) is 5.83. The van der Waals surface area contributed by atoms with Crippen LogP contribution in [0, 0.1) is 0 Å². The molecule has 2 aromatic rings. The summed E-state index contributed by atoms with van der Waals surface area (Å²) in [7, 11) is 0. The van der Waals surface area contributed by atoms with Crippen LogP contribution >= 0.6 is 0 Å². The Labute approximate surface area is 122 Å². The maximum atomic E-state index is 6.06. The van der Waals surface area contributed by atoms with Gasteiger partial charge in [-0.15, -0.1) is 0 Å². The minimum absolute atomic E-state index is 0.0649. The molecule has 2 rings (SSSR count). The lowest BCUT2D eigenvalue weighted by Gasteiger charge is -2.25. The maximum Gasteiger partial charge on any atom is 0.0629 e. The number of aryl methyl sites for hydroxylation is 1. The zero-order valence-corrected chi connectivity index (χ0v) is 12.5. The molecule has 0 aromatic heterocycles. The predicted octanol–water partition coefficient (Wildman–Crippen LogP) is 4.66. The number of rotatable bonds is 7. The monoisotopic (exact) mass is 268 g/mol. The summed E-state index contributed by atoms with van der Waals surface area (Å²) in [6.45, 7) is 5.15. The Morgan fingerprint density at radius 2 is 1.25 bits per heavy atom. The summed E-state index contributed by atoms with van der Waals surface area (Å²) in [5.41, 5.74) is 2.66. The first-order valence-electron chi connectivity index (χ1n) is 7.37. The Bertz CT molecular complexity index is 488. The van der Waals surface area contributed by atoms with Crippen molar-refractivity contribution in [2.75, 3.05) is 6.61 Å². The quantitative estimate of drug-likeness (QED) is 0.710. The van der Waals surface area contributed by atoms with Crippen molar-refractivity contribution < 1.29 is 4.74 Å². The van der Waals surface area contributed by atoms with E-state index in [9.17, 15) is 0 Å². The maximum absolute atomic E-state index is 6.06. The van der Waals surface area contributed by atoms with Crippen molar-refractivity contribution in [2.45, 2.75) is 38.7 Å². The molecule has 0 aliphatic heterocycles. The van der Waals surface area contributed by atoms with Crippen molar-refractivity contribution in [3.05, 3.63) is 71.8 Å². The van der Waals surface area contributed by atoms with Crippen LogP contribution in [0.5, 0.6) is 0 Å². The molecule has 0 fully saturated rings. The fraction of sp³-hybridized carbons (Fsp3) is 0.368. The van der Waals surface area contributed by atoms with Crippen molar-refractivity contribution >= 4 is 0 Å². The average molecular weight is 268 g/mol. The van der Waals surface area contributed by atoms with Crippen LogP contribution in [0.2, 0.25) is 0 Å². The zero-order chi connectivity index (χ0) is 14.3. The van der Waals surface area contributed by atoms with Crippen molar-refractivity contribution in [3.8, 4) is 0 Å². The fourth-order valence-corrected chi connectivity index (χ4v) is 2.25. The van der Waals surface area contributed by atoms with Crippen LogP contribution in [0.25, 0.3) is 0 Å². The molecule has 0 aliphatic carbocycles. The average Bonchev–Trinajstić information content (AvgIpc) is 2.47. The van der Waals surface area contributed by atoms with Gasteiger partial charge in [0.25, 0.3) is 0 Å². The molecule has 0 heterocycles. The summed E-state index contributed by atoms with van der Waals surface area (Å²) in [6.07, 6.45) is 3.10. The van der Waals surface area contributed by atoms with E-state index in [1.54, 1.807) is 0 Å². The molecule has 2 aromatic carbocycles. The van der Waals surface area contributed by atoms with E-state index in [2.05, 4.69) is 68.4 Å². The van der Waals surface area contributed by atoms with E-state index in [-0.39, 0.29) is 5.60 Å². The Balaban J connectivity index is 1.73. The van der Waals surface area contributed by atoms with Crippen molar-refractivity contribution in [1.82, 2.24) is 0 Å². The second-order valence-corrected chi connectivity index (χ2v) is 5.83. The zero-order valence-electron chi connectivity index (χ0n) is 12.5. The first-order chi connectivity index (χ1) is 9.66. The highest BCUT2D eigenvalue weighted by Crippen LogP contribution is 2.18. The molecule has 0 unspecified atom stereocenters. The highest BCUT2D eigenvalue weighted by Gasteiger charge is 2.17. The highest BCUT2D eigenvalue weighted by molar-refractivity contribution is 5.15. The third-order valence-corrected chi connectivity index (χ3v) is 3.58. The molecule has 0 radical (unpaired) electrons.